The average Bonchev–Trinajstić information content (AvgIpc) is 2.56. The molecule has 0 atom stereocenters. The van der Waals surface area contributed by atoms with Crippen molar-refractivity contribution in [3.63, 3.8) is 0 Å². The first kappa shape index (κ1) is 10.6. The number of fused-ring (bicyclic) bond motifs is 1. The van der Waals surface area contributed by atoms with Gasteiger partial charge in [0.1, 0.15) is 5.40 Å². The van der Waals surface area contributed by atoms with Crippen molar-refractivity contribution < 1.29 is 0 Å². The predicted molar refractivity (Wildman–Crippen MR) is 67.3 cm³/mol. The quantitative estimate of drug-likeness (QED) is 0.658. The maximum atomic E-state index is 8.68. The number of nitrogens with zero attached hydrogens (tertiary/aromatic N) is 2. The highest BCUT2D eigenvalue weighted by Gasteiger charge is 2.08. The average molecular weight is 253 g/mol. The van der Waals surface area contributed by atoms with Crippen LogP contribution in [0.4, 0.5) is 5.13 Å². The van der Waals surface area contributed by atoms with Gasteiger partial charge >= 0.3 is 0 Å². The first-order chi connectivity index (χ1) is 7.24. The zero-order chi connectivity index (χ0) is 10.8. The van der Waals surface area contributed by atoms with Crippen molar-refractivity contribution in [2.45, 2.75) is 9.79 Å². The van der Waals surface area contributed by atoms with Crippen LogP contribution in [-0.4, -0.2) is 11.2 Å². The van der Waals surface area contributed by atoms with E-state index >= 15 is 0 Å². The molecule has 76 valence electrons. The first-order valence-electron chi connectivity index (χ1n) is 4.04. The van der Waals surface area contributed by atoms with Gasteiger partial charge in [-0.3, -0.25) is 0 Å². The fraction of sp³-hybridized carbons (Fsp3) is 0.111. The van der Waals surface area contributed by atoms with Gasteiger partial charge in [0.05, 0.1) is 10.2 Å². The molecule has 0 saturated carbocycles. The Balaban J connectivity index is 2.63. The standard InChI is InChI=1S/C9H7N3S3/c1-13-7-2-5-6(15-9(11)12-5)3-8(7)14-4-10/h2-3H,1H3,(H2,11,12). The summed E-state index contributed by atoms with van der Waals surface area (Å²) >= 11 is 4.23. The molecule has 0 aliphatic carbocycles. The number of rotatable bonds is 2. The molecule has 2 N–H and O–H groups in total. The minimum absolute atomic E-state index is 0.566. The summed E-state index contributed by atoms with van der Waals surface area (Å²) in [6.07, 6.45) is 1.98. The Morgan fingerprint density at radius 1 is 1.47 bits per heavy atom. The Hall–Kier alpha value is -0.900. The molecule has 0 amide bonds. The van der Waals surface area contributed by atoms with Crippen LogP contribution in [0.25, 0.3) is 10.2 Å². The van der Waals surface area contributed by atoms with Crippen LogP contribution in [0.1, 0.15) is 0 Å². The highest BCUT2D eigenvalue weighted by Crippen LogP contribution is 2.35. The highest BCUT2D eigenvalue weighted by atomic mass is 32.2. The van der Waals surface area contributed by atoms with Gasteiger partial charge in [0, 0.05) is 9.79 Å². The number of benzene rings is 1. The number of nitrogens with two attached hydrogens (primary N) is 1. The number of nitriles is 1. The molecular formula is C9H7N3S3. The number of hydrogen-bond donors (Lipinski definition) is 1. The van der Waals surface area contributed by atoms with E-state index in [2.05, 4.69) is 10.4 Å². The lowest BCUT2D eigenvalue weighted by Crippen LogP contribution is -1.80. The third-order valence-corrected chi connectivity index (χ3v) is 4.25. The summed E-state index contributed by atoms with van der Waals surface area (Å²) in [5.74, 6) is 0. The predicted octanol–water partition coefficient (Wildman–Crippen LogP) is 3.17. The molecule has 0 aliphatic rings. The van der Waals surface area contributed by atoms with E-state index in [9.17, 15) is 0 Å². The summed E-state index contributed by atoms with van der Waals surface area (Å²) < 4.78 is 1.03. The Bertz CT molecular complexity index is 541. The third kappa shape index (κ3) is 2.04. The maximum absolute atomic E-state index is 8.68. The van der Waals surface area contributed by atoms with Gasteiger partial charge in [-0.05, 0) is 30.2 Å². The summed E-state index contributed by atoms with van der Waals surface area (Å²) in [5, 5.41) is 11.3. The van der Waals surface area contributed by atoms with E-state index in [1.165, 1.54) is 23.1 Å². The number of nitrogen functional groups attached to an aromatic ring is 1. The molecule has 1 heterocycles. The Morgan fingerprint density at radius 2 is 2.27 bits per heavy atom. The van der Waals surface area contributed by atoms with E-state index < -0.39 is 0 Å². The van der Waals surface area contributed by atoms with E-state index in [1.807, 2.05) is 18.4 Å². The first-order valence-corrected chi connectivity index (χ1v) is 6.90. The molecule has 0 bridgehead atoms. The Morgan fingerprint density at radius 3 is 2.93 bits per heavy atom. The van der Waals surface area contributed by atoms with Gasteiger partial charge < -0.3 is 5.73 Å². The van der Waals surface area contributed by atoms with Crippen LogP contribution >= 0.6 is 34.9 Å². The van der Waals surface area contributed by atoms with Crippen molar-refractivity contribution in [3.05, 3.63) is 12.1 Å². The van der Waals surface area contributed by atoms with E-state index in [0.717, 1.165) is 20.0 Å². The smallest absolute Gasteiger partial charge is 0.181 e. The Kier molecular flexibility index (Phi) is 3.05. The van der Waals surface area contributed by atoms with Gasteiger partial charge in [0.2, 0.25) is 0 Å². The Labute approximate surface area is 99.7 Å². The van der Waals surface area contributed by atoms with Crippen LogP contribution in [0, 0.1) is 10.7 Å². The van der Waals surface area contributed by atoms with Gasteiger partial charge in [-0.25, -0.2) is 4.98 Å². The lowest BCUT2D eigenvalue weighted by Gasteiger charge is -2.01. The van der Waals surface area contributed by atoms with Crippen molar-refractivity contribution in [2.75, 3.05) is 12.0 Å². The van der Waals surface area contributed by atoms with Crippen LogP contribution in [0.15, 0.2) is 21.9 Å². The van der Waals surface area contributed by atoms with E-state index in [-0.39, 0.29) is 0 Å². The van der Waals surface area contributed by atoms with Gasteiger partial charge in [-0.2, -0.15) is 5.26 Å². The SMILES string of the molecule is CSc1cc2nc(N)sc2cc1SC#N. The van der Waals surface area contributed by atoms with E-state index in [0.29, 0.717) is 5.13 Å². The molecule has 1 aromatic carbocycles. The number of aromatic nitrogens is 1. The molecule has 0 aliphatic heterocycles. The minimum atomic E-state index is 0.566. The van der Waals surface area contributed by atoms with Crippen LogP contribution in [0.3, 0.4) is 0 Å². The number of thioether (sulfide) groups is 2. The number of anilines is 1. The van der Waals surface area contributed by atoms with Crippen molar-refractivity contribution in [1.29, 1.82) is 5.26 Å². The van der Waals surface area contributed by atoms with Crippen molar-refractivity contribution in [3.8, 4) is 5.40 Å². The van der Waals surface area contributed by atoms with E-state index in [4.69, 9.17) is 11.0 Å². The topological polar surface area (TPSA) is 62.7 Å². The monoisotopic (exact) mass is 253 g/mol. The van der Waals surface area contributed by atoms with Crippen LogP contribution < -0.4 is 5.73 Å². The van der Waals surface area contributed by atoms with Crippen LogP contribution in [0.5, 0.6) is 0 Å². The fourth-order valence-electron chi connectivity index (χ4n) is 1.24. The molecule has 15 heavy (non-hydrogen) atoms. The van der Waals surface area contributed by atoms with Crippen LogP contribution in [0.2, 0.25) is 0 Å². The summed E-state index contributed by atoms with van der Waals surface area (Å²) in [6.45, 7) is 0. The van der Waals surface area contributed by atoms with Gasteiger partial charge in [-0.1, -0.05) is 11.3 Å². The second-order valence-electron chi connectivity index (χ2n) is 2.72. The zero-order valence-electron chi connectivity index (χ0n) is 7.85. The summed E-state index contributed by atoms with van der Waals surface area (Å²) in [4.78, 5) is 6.26. The molecule has 0 fully saturated rings. The van der Waals surface area contributed by atoms with Gasteiger partial charge in [0.15, 0.2) is 5.13 Å². The number of thiazole rings is 1. The molecule has 0 spiro atoms. The second-order valence-corrected chi connectivity index (χ2v) is 5.45. The summed E-state index contributed by atoms with van der Waals surface area (Å²) in [6, 6.07) is 3.95. The molecule has 0 unspecified atom stereocenters. The normalized spacial score (nSPS) is 10.4. The molecule has 6 heteroatoms. The summed E-state index contributed by atoms with van der Waals surface area (Å²) in [5.41, 5.74) is 6.54. The lowest BCUT2D eigenvalue weighted by atomic mass is 10.3. The molecule has 0 radical (unpaired) electrons. The van der Waals surface area contributed by atoms with E-state index in [1.54, 1.807) is 11.8 Å². The lowest BCUT2D eigenvalue weighted by molar-refractivity contribution is 1.28. The third-order valence-electron chi connectivity index (χ3n) is 1.85. The molecule has 0 saturated heterocycles. The zero-order valence-corrected chi connectivity index (χ0v) is 10.3. The second kappa shape index (κ2) is 4.31. The van der Waals surface area contributed by atoms with Crippen LogP contribution in [-0.2, 0) is 0 Å². The molecule has 2 rings (SSSR count). The summed E-state index contributed by atoms with van der Waals surface area (Å²) in [7, 11) is 0. The van der Waals surface area contributed by atoms with Crippen molar-refractivity contribution >= 4 is 50.2 Å². The molecular weight excluding hydrogens is 246 g/mol. The number of hydrogen-bond acceptors (Lipinski definition) is 6. The largest absolute Gasteiger partial charge is 0.375 e. The molecule has 1 aromatic heterocycles. The maximum Gasteiger partial charge on any atom is 0.181 e. The van der Waals surface area contributed by atoms with Gasteiger partial charge in [0.25, 0.3) is 0 Å². The molecule has 3 nitrogen and oxygen atoms in total. The van der Waals surface area contributed by atoms with Crippen molar-refractivity contribution in [2.24, 2.45) is 0 Å². The molecule has 2 aromatic rings. The minimum Gasteiger partial charge on any atom is -0.375 e. The number of thiocyanates is 1. The highest BCUT2D eigenvalue weighted by molar-refractivity contribution is 8.05. The fourth-order valence-corrected chi connectivity index (χ4v) is 3.37. The van der Waals surface area contributed by atoms with Gasteiger partial charge in [-0.15, -0.1) is 11.8 Å². The van der Waals surface area contributed by atoms with Crippen molar-refractivity contribution in [1.82, 2.24) is 4.98 Å².